The van der Waals surface area contributed by atoms with Crippen LogP contribution < -0.4 is 0 Å². The van der Waals surface area contributed by atoms with Gasteiger partial charge < -0.3 is 5.11 Å². The standard InChI is InChI=1S/C16H20N2O2/c1-11(2)18-8-7-14(17-18)10-15(16(19)20)13-6-4-5-12(3)9-13/h4-9,11,15H,10H2,1-3H3,(H,19,20). The van der Waals surface area contributed by atoms with Gasteiger partial charge in [0.2, 0.25) is 0 Å². The zero-order valence-corrected chi connectivity index (χ0v) is 12.1. The van der Waals surface area contributed by atoms with E-state index in [9.17, 15) is 9.90 Å². The minimum Gasteiger partial charge on any atom is -0.481 e. The molecule has 1 aromatic heterocycles. The number of nitrogens with zero attached hydrogens (tertiary/aromatic N) is 2. The average Bonchev–Trinajstić information content (AvgIpc) is 2.84. The Bertz CT molecular complexity index is 602. The summed E-state index contributed by atoms with van der Waals surface area (Å²) < 4.78 is 1.85. The molecular weight excluding hydrogens is 252 g/mol. The number of aromatic nitrogens is 2. The molecular formula is C16H20N2O2. The van der Waals surface area contributed by atoms with Gasteiger partial charge in [-0.2, -0.15) is 5.10 Å². The van der Waals surface area contributed by atoms with E-state index in [1.165, 1.54) is 0 Å². The van der Waals surface area contributed by atoms with Gasteiger partial charge >= 0.3 is 5.97 Å². The third-order valence-corrected chi connectivity index (χ3v) is 3.35. The van der Waals surface area contributed by atoms with Gasteiger partial charge in [-0.3, -0.25) is 9.48 Å². The highest BCUT2D eigenvalue weighted by Gasteiger charge is 2.21. The number of carboxylic acid groups (broad SMARTS) is 1. The van der Waals surface area contributed by atoms with E-state index in [0.29, 0.717) is 6.42 Å². The minimum atomic E-state index is -0.810. The van der Waals surface area contributed by atoms with Crippen LogP contribution in [0.15, 0.2) is 36.5 Å². The van der Waals surface area contributed by atoms with Gasteiger partial charge in [-0.15, -0.1) is 0 Å². The van der Waals surface area contributed by atoms with Crippen LogP contribution in [0.3, 0.4) is 0 Å². The molecule has 1 N–H and O–H groups in total. The summed E-state index contributed by atoms with van der Waals surface area (Å²) in [6.07, 6.45) is 2.31. The molecule has 2 aromatic rings. The van der Waals surface area contributed by atoms with Crippen LogP contribution in [0.4, 0.5) is 0 Å². The predicted molar refractivity (Wildman–Crippen MR) is 77.9 cm³/mol. The Balaban J connectivity index is 2.23. The van der Waals surface area contributed by atoms with Crippen molar-refractivity contribution >= 4 is 5.97 Å². The molecule has 4 heteroatoms. The second kappa shape index (κ2) is 5.90. The summed E-state index contributed by atoms with van der Waals surface area (Å²) in [4.78, 5) is 11.5. The summed E-state index contributed by atoms with van der Waals surface area (Å²) in [6, 6.07) is 9.84. The van der Waals surface area contributed by atoms with Crippen molar-refractivity contribution in [1.29, 1.82) is 0 Å². The van der Waals surface area contributed by atoms with Crippen molar-refractivity contribution in [3.05, 3.63) is 53.3 Å². The number of rotatable bonds is 5. The molecule has 0 radical (unpaired) electrons. The highest BCUT2D eigenvalue weighted by atomic mass is 16.4. The molecule has 20 heavy (non-hydrogen) atoms. The van der Waals surface area contributed by atoms with Crippen molar-refractivity contribution in [3.63, 3.8) is 0 Å². The lowest BCUT2D eigenvalue weighted by atomic mass is 9.93. The van der Waals surface area contributed by atoms with Crippen molar-refractivity contribution in [1.82, 2.24) is 9.78 Å². The van der Waals surface area contributed by atoms with Crippen molar-refractivity contribution in [3.8, 4) is 0 Å². The average molecular weight is 272 g/mol. The monoisotopic (exact) mass is 272 g/mol. The Kier molecular flexibility index (Phi) is 4.23. The van der Waals surface area contributed by atoms with Crippen LogP contribution in [0.5, 0.6) is 0 Å². The molecule has 0 aliphatic rings. The van der Waals surface area contributed by atoms with Crippen LogP contribution in [0, 0.1) is 6.92 Å². The predicted octanol–water partition coefficient (Wildman–Crippen LogP) is 3.18. The Morgan fingerprint density at radius 3 is 2.65 bits per heavy atom. The molecule has 1 aromatic carbocycles. The number of carbonyl (C=O) groups is 1. The summed E-state index contributed by atoms with van der Waals surface area (Å²) in [5.41, 5.74) is 2.71. The first-order valence-electron chi connectivity index (χ1n) is 6.80. The van der Waals surface area contributed by atoms with Gasteiger partial charge in [0.1, 0.15) is 0 Å². The lowest BCUT2D eigenvalue weighted by molar-refractivity contribution is -0.138. The molecule has 1 unspecified atom stereocenters. The number of hydrogen-bond acceptors (Lipinski definition) is 2. The Labute approximate surface area is 119 Å². The smallest absolute Gasteiger partial charge is 0.311 e. The van der Waals surface area contributed by atoms with E-state index in [-0.39, 0.29) is 6.04 Å². The highest BCUT2D eigenvalue weighted by molar-refractivity contribution is 5.76. The SMILES string of the molecule is Cc1cccc(C(Cc2ccn(C(C)C)n2)C(=O)O)c1. The summed E-state index contributed by atoms with van der Waals surface area (Å²) in [6.45, 7) is 6.06. The molecule has 0 spiro atoms. The third-order valence-electron chi connectivity index (χ3n) is 3.35. The van der Waals surface area contributed by atoms with E-state index in [2.05, 4.69) is 5.10 Å². The van der Waals surface area contributed by atoms with E-state index >= 15 is 0 Å². The minimum absolute atomic E-state index is 0.283. The fraction of sp³-hybridized carbons (Fsp3) is 0.375. The zero-order chi connectivity index (χ0) is 14.7. The number of hydrogen-bond donors (Lipinski definition) is 1. The highest BCUT2D eigenvalue weighted by Crippen LogP contribution is 2.22. The Hall–Kier alpha value is -2.10. The first kappa shape index (κ1) is 14.3. The van der Waals surface area contributed by atoms with Crippen LogP contribution in [-0.4, -0.2) is 20.9 Å². The molecule has 0 saturated carbocycles. The Morgan fingerprint density at radius 1 is 1.35 bits per heavy atom. The number of aliphatic carboxylic acids is 1. The maximum absolute atomic E-state index is 11.5. The first-order valence-corrected chi connectivity index (χ1v) is 6.80. The van der Waals surface area contributed by atoms with Crippen LogP contribution in [0.2, 0.25) is 0 Å². The molecule has 0 bridgehead atoms. The maximum Gasteiger partial charge on any atom is 0.311 e. The first-order chi connectivity index (χ1) is 9.47. The van der Waals surface area contributed by atoms with Gasteiger partial charge in [-0.25, -0.2) is 0 Å². The van der Waals surface area contributed by atoms with Crippen molar-refractivity contribution in [2.24, 2.45) is 0 Å². The molecule has 0 fully saturated rings. The van der Waals surface area contributed by atoms with Gasteiger partial charge in [0.05, 0.1) is 11.6 Å². The number of benzene rings is 1. The molecule has 1 heterocycles. The summed E-state index contributed by atoms with van der Waals surface area (Å²) in [5.74, 6) is -1.36. The van der Waals surface area contributed by atoms with Crippen LogP contribution in [0.1, 0.15) is 42.6 Å². The fourth-order valence-corrected chi connectivity index (χ4v) is 2.22. The zero-order valence-electron chi connectivity index (χ0n) is 12.1. The second-order valence-corrected chi connectivity index (χ2v) is 5.39. The summed E-state index contributed by atoms with van der Waals surface area (Å²) >= 11 is 0. The van der Waals surface area contributed by atoms with E-state index in [1.54, 1.807) is 0 Å². The molecule has 0 aliphatic carbocycles. The van der Waals surface area contributed by atoms with Crippen molar-refractivity contribution in [2.45, 2.75) is 39.2 Å². The number of aryl methyl sites for hydroxylation is 1. The summed E-state index contributed by atoms with van der Waals surface area (Å²) in [5, 5.41) is 13.9. The largest absolute Gasteiger partial charge is 0.481 e. The van der Waals surface area contributed by atoms with Gasteiger partial charge in [-0.1, -0.05) is 29.8 Å². The molecule has 1 atom stereocenters. The fourth-order valence-electron chi connectivity index (χ4n) is 2.22. The van der Waals surface area contributed by atoms with E-state index in [1.807, 2.05) is 62.0 Å². The molecule has 4 nitrogen and oxygen atoms in total. The number of carboxylic acids is 1. The lowest BCUT2D eigenvalue weighted by Crippen LogP contribution is -2.15. The third kappa shape index (κ3) is 3.26. The Morgan fingerprint density at radius 2 is 2.10 bits per heavy atom. The molecule has 0 aliphatic heterocycles. The van der Waals surface area contributed by atoms with Gasteiger partial charge in [0.25, 0.3) is 0 Å². The molecule has 106 valence electrons. The normalized spacial score (nSPS) is 12.6. The second-order valence-electron chi connectivity index (χ2n) is 5.39. The lowest BCUT2D eigenvalue weighted by Gasteiger charge is -2.12. The quantitative estimate of drug-likeness (QED) is 0.909. The van der Waals surface area contributed by atoms with E-state index in [4.69, 9.17) is 0 Å². The van der Waals surface area contributed by atoms with Gasteiger partial charge in [-0.05, 0) is 32.4 Å². The maximum atomic E-state index is 11.5. The van der Waals surface area contributed by atoms with E-state index in [0.717, 1.165) is 16.8 Å². The van der Waals surface area contributed by atoms with Crippen molar-refractivity contribution in [2.75, 3.05) is 0 Å². The van der Waals surface area contributed by atoms with Crippen molar-refractivity contribution < 1.29 is 9.90 Å². The van der Waals surface area contributed by atoms with Crippen LogP contribution >= 0.6 is 0 Å². The topological polar surface area (TPSA) is 55.1 Å². The summed E-state index contributed by atoms with van der Waals surface area (Å²) in [7, 11) is 0. The van der Waals surface area contributed by atoms with Gasteiger partial charge in [0.15, 0.2) is 0 Å². The van der Waals surface area contributed by atoms with Crippen LogP contribution in [-0.2, 0) is 11.2 Å². The molecule has 0 saturated heterocycles. The molecule has 0 amide bonds. The van der Waals surface area contributed by atoms with Gasteiger partial charge in [0, 0.05) is 18.7 Å². The van der Waals surface area contributed by atoms with Crippen LogP contribution in [0.25, 0.3) is 0 Å². The molecule has 2 rings (SSSR count). The van der Waals surface area contributed by atoms with E-state index < -0.39 is 11.9 Å².